The molecule has 0 radical (unpaired) electrons. The first-order valence-corrected chi connectivity index (χ1v) is 2.57. The van der Waals surface area contributed by atoms with Crippen LogP contribution < -0.4 is 0 Å². The molecule has 0 aliphatic heterocycles. The number of ketones is 1. The van der Waals surface area contributed by atoms with Crippen LogP contribution in [-0.2, 0) is 4.79 Å². The molecule has 0 spiro atoms. The van der Waals surface area contributed by atoms with Crippen molar-refractivity contribution in [2.45, 2.75) is 13.3 Å². The molecule has 0 aromatic heterocycles. The molecule has 1 nitrogen and oxygen atoms in total. The first-order valence-electron chi connectivity index (χ1n) is 2.57. The van der Waals surface area contributed by atoms with E-state index in [-0.39, 0.29) is 5.78 Å². The van der Waals surface area contributed by atoms with Gasteiger partial charge in [0.15, 0.2) is 5.78 Å². The number of allylic oxidation sites excluding steroid dienone is 2. The average Bonchev–Trinajstić information content (AvgIpc) is 1.84. The number of hydrogen-bond donors (Lipinski definition) is 0. The quantitative estimate of drug-likeness (QED) is 0.399. The molecule has 0 unspecified atom stereocenters. The van der Waals surface area contributed by atoms with E-state index in [9.17, 15) is 4.79 Å². The Bertz CT molecular complexity index is 122. The summed E-state index contributed by atoms with van der Waals surface area (Å²) in [6.07, 6.45) is 2.00. The zero-order valence-corrected chi connectivity index (χ0v) is 5.11. The maximum absolute atomic E-state index is 10.6. The first-order chi connectivity index (χ1) is 3.72. The van der Waals surface area contributed by atoms with Crippen LogP contribution in [0.3, 0.4) is 0 Å². The molecule has 0 aliphatic rings. The lowest BCUT2D eigenvalue weighted by Gasteiger charge is -1.90. The van der Waals surface area contributed by atoms with E-state index < -0.39 is 0 Å². The van der Waals surface area contributed by atoms with Crippen molar-refractivity contribution in [1.29, 1.82) is 0 Å². The molecule has 0 saturated carbocycles. The minimum absolute atomic E-state index is 0.0694. The summed E-state index contributed by atoms with van der Waals surface area (Å²) in [7, 11) is 0. The van der Waals surface area contributed by atoms with Gasteiger partial charge in [0, 0.05) is 12.0 Å². The van der Waals surface area contributed by atoms with Gasteiger partial charge in [-0.3, -0.25) is 4.79 Å². The van der Waals surface area contributed by atoms with E-state index in [1.807, 2.05) is 0 Å². The summed E-state index contributed by atoms with van der Waals surface area (Å²) in [4.78, 5) is 10.6. The smallest absolute Gasteiger partial charge is 0.161 e. The van der Waals surface area contributed by atoms with Crippen LogP contribution in [0.1, 0.15) is 13.3 Å². The van der Waals surface area contributed by atoms with E-state index in [1.54, 1.807) is 6.92 Å². The Kier molecular flexibility index (Phi) is 2.85. The topological polar surface area (TPSA) is 17.1 Å². The summed E-state index contributed by atoms with van der Waals surface area (Å²) in [5.41, 5.74) is 0.507. The second-order valence-electron chi connectivity index (χ2n) is 1.51. The Balaban J connectivity index is 3.82. The van der Waals surface area contributed by atoms with Gasteiger partial charge in [-0.15, -0.1) is 0 Å². The van der Waals surface area contributed by atoms with Crippen molar-refractivity contribution in [1.82, 2.24) is 0 Å². The van der Waals surface area contributed by atoms with E-state index in [4.69, 9.17) is 0 Å². The SMILES string of the molecule is C=CC(=C)C(=O)CC. The first kappa shape index (κ1) is 7.15. The molecule has 0 aromatic carbocycles. The molecular formula is C7H10O. The number of Topliss-reactive ketones (excluding diaryl/α,β-unsaturated/α-hetero) is 1. The van der Waals surface area contributed by atoms with Gasteiger partial charge in [-0.25, -0.2) is 0 Å². The highest BCUT2D eigenvalue weighted by molar-refractivity contribution is 5.96. The van der Waals surface area contributed by atoms with Crippen LogP contribution in [0.5, 0.6) is 0 Å². The van der Waals surface area contributed by atoms with Gasteiger partial charge < -0.3 is 0 Å². The van der Waals surface area contributed by atoms with E-state index >= 15 is 0 Å². The third kappa shape index (κ3) is 1.73. The molecule has 0 atom stereocenters. The molecule has 0 heterocycles. The Morgan fingerprint density at radius 2 is 2.25 bits per heavy atom. The highest BCUT2D eigenvalue weighted by Gasteiger charge is 1.96. The van der Waals surface area contributed by atoms with Crippen molar-refractivity contribution in [2.75, 3.05) is 0 Å². The molecule has 0 amide bonds. The van der Waals surface area contributed by atoms with Gasteiger partial charge >= 0.3 is 0 Å². The highest BCUT2D eigenvalue weighted by atomic mass is 16.1. The van der Waals surface area contributed by atoms with Crippen LogP contribution in [0, 0.1) is 0 Å². The summed E-state index contributed by atoms with van der Waals surface area (Å²) in [5, 5.41) is 0. The third-order valence-corrected chi connectivity index (χ3v) is 0.926. The third-order valence-electron chi connectivity index (χ3n) is 0.926. The van der Waals surface area contributed by atoms with Crippen LogP contribution in [0.4, 0.5) is 0 Å². The van der Waals surface area contributed by atoms with E-state index in [0.29, 0.717) is 12.0 Å². The summed E-state index contributed by atoms with van der Waals surface area (Å²) >= 11 is 0. The zero-order valence-electron chi connectivity index (χ0n) is 5.11. The molecule has 0 aromatic rings. The fourth-order valence-electron chi connectivity index (χ4n) is 0.341. The van der Waals surface area contributed by atoms with Crippen LogP contribution >= 0.6 is 0 Å². The van der Waals surface area contributed by atoms with Gasteiger partial charge in [-0.2, -0.15) is 0 Å². The number of rotatable bonds is 3. The maximum Gasteiger partial charge on any atom is 0.161 e. The Labute approximate surface area is 49.7 Å². The van der Waals surface area contributed by atoms with E-state index in [0.717, 1.165) is 0 Å². The van der Waals surface area contributed by atoms with Gasteiger partial charge in [0.1, 0.15) is 0 Å². The molecule has 0 fully saturated rings. The number of carbonyl (C=O) groups excluding carboxylic acids is 1. The van der Waals surface area contributed by atoms with Crippen molar-refractivity contribution in [2.24, 2.45) is 0 Å². The van der Waals surface area contributed by atoms with Gasteiger partial charge in [-0.05, 0) is 0 Å². The lowest BCUT2D eigenvalue weighted by molar-refractivity contribution is -0.114. The summed E-state index contributed by atoms with van der Waals surface area (Å²) in [5.74, 6) is 0.0694. The van der Waals surface area contributed by atoms with Crippen LogP contribution in [0.2, 0.25) is 0 Å². The fraction of sp³-hybridized carbons (Fsp3) is 0.286. The second kappa shape index (κ2) is 3.19. The average molecular weight is 110 g/mol. The molecule has 0 rings (SSSR count). The minimum Gasteiger partial charge on any atom is -0.294 e. The van der Waals surface area contributed by atoms with Crippen LogP contribution in [-0.4, -0.2) is 5.78 Å². The molecule has 0 aliphatic carbocycles. The number of hydrogen-bond acceptors (Lipinski definition) is 1. The monoisotopic (exact) mass is 110 g/mol. The minimum atomic E-state index is 0.0694. The van der Waals surface area contributed by atoms with Crippen molar-refractivity contribution in [3.8, 4) is 0 Å². The maximum atomic E-state index is 10.6. The van der Waals surface area contributed by atoms with E-state index in [2.05, 4.69) is 13.2 Å². The standard InChI is InChI=1S/C7H10O/c1-4-6(3)7(8)5-2/h4H,1,3,5H2,2H3. The molecule has 44 valence electrons. The second-order valence-corrected chi connectivity index (χ2v) is 1.51. The lowest BCUT2D eigenvalue weighted by atomic mass is 10.1. The summed E-state index contributed by atoms with van der Waals surface area (Å²) in [6.45, 7) is 8.69. The normalized spacial score (nSPS) is 8.12. The largest absolute Gasteiger partial charge is 0.294 e. The van der Waals surface area contributed by atoms with E-state index in [1.165, 1.54) is 6.08 Å². The predicted molar refractivity (Wildman–Crippen MR) is 34.6 cm³/mol. The van der Waals surface area contributed by atoms with Crippen molar-refractivity contribution in [3.05, 3.63) is 24.8 Å². The molecule has 0 bridgehead atoms. The summed E-state index contributed by atoms with van der Waals surface area (Å²) < 4.78 is 0. The Morgan fingerprint density at radius 3 is 2.38 bits per heavy atom. The Morgan fingerprint density at radius 1 is 1.75 bits per heavy atom. The summed E-state index contributed by atoms with van der Waals surface area (Å²) in [6, 6.07) is 0. The highest BCUT2D eigenvalue weighted by Crippen LogP contribution is 1.95. The molecule has 0 saturated heterocycles. The van der Waals surface area contributed by atoms with Gasteiger partial charge in [0.05, 0.1) is 0 Å². The van der Waals surface area contributed by atoms with Gasteiger partial charge in [0.2, 0.25) is 0 Å². The van der Waals surface area contributed by atoms with Crippen molar-refractivity contribution in [3.63, 3.8) is 0 Å². The lowest BCUT2D eigenvalue weighted by Crippen LogP contribution is -1.94. The van der Waals surface area contributed by atoms with Gasteiger partial charge in [-0.1, -0.05) is 26.2 Å². The molecule has 0 N–H and O–H groups in total. The number of carbonyl (C=O) groups is 1. The fourth-order valence-corrected chi connectivity index (χ4v) is 0.341. The molecule has 1 heteroatoms. The van der Waals surface area contributed by atoms with Gasteiger partial charge in [0.25, 0.3) is 0 Å². The Hall–Kier alpha value is -0.850. The molecular weight excluding hydrogens is 100 g/mol. The zero-order chi connectivity index (χ0) is 6.57. The predicted octanol–water partition coefficient (Wildman–Crippen LogP) is 1.71. The van der Waals surface area contributed by atoms with Crippen LogP contribution in [0.15, 0.2) is 24.8 Å². The van der Waals surface area contributed by atoms with Crippen molar-refractivity contribution >= 4 is 5.78 Å². The molecule has 8 heavy (non-hydrogen) atoms. The van der Waals surface area contributed by atoms with Crippen LogP contribution in [0.25, 0.3) is 0 Å². The van der Waals surface area contributed by atoms with Crippen molar-refractivity contribution < 1.29 is 4.79 Å².